The van der Waals surface area contributed by atoms with Crippen molar-refractivity contribution in [2.45, 2.75) is 44.8 Å². The van der Waals surface area contributed by atoms with E-state index in [1.54, 1.807) is 7.11 Å². The number of aromatic nitrogens is 1. The van der Waals surface area contributed by atoms with Crippen LogP contribution in [0.5, 0.6) is 0 Å². The summed E-state index contributed by atoms with van der Waals surface area (Å²) in [5.74, 6) is 0.0875. The van der Waals surface area contributed by atoms with E-state index in [2.05, 4.69) is 15.0 Å². The average molecular weight is 298 g/mol. The molecular formula is C13H22N4O2S. The molecule has 0 radical (unpaired) electrons. The van der Waals surface area contributed by atoms with Crippen LogP contribution < -0.4 is 16.4 Å². The molecule has 0 atom stereocenters. The Morgan fingerprint density at radius 1 is 1.55 bits per heavy atom. The Morgan fingerprint density at radius 3 is 2.75 bits per heavy atom. The van der Waals surface area contributed by atoms with E-state index in [9.17, 15) is 4.79 Å². The fourth-order valence-corrected chi connectivity index (χ4v) is 2.95. The molecule has 2 rings (SSSR count). The van der Waals surface area contributed by atoms with E-state index < -0.39 is 0 Å². The molecule has 1 saturated carbocycles. The van der Waals surface area contributed by atoms with E-state index in [1.807, 2.05) is 13.8 Å². The summed E-state index contributed by atoms with van der Waals surface area (Å²) < 4.78 is 9.63. The summed E-state index contributed by atoms with van der Waals surface area (Å²) in [5.41, 5.74) is 6.14. The molecule has 1 aliphatic carbocycles. The molecule has 1 fully saturated rings. The summed E-state index contributed by atoms with van der Waals surface area (Å²) in [4.78, 5) is 12.1. The van der Waals surface area contributed by atoms with Gasteiger partial charge in [-0.05, 0) is 44.6 Å². The van der Waals surface area contributed by atoms with E-state index >= 15 is 0 Å². The Kier molecular flexibility index (Phi) is 4.49. The van der Waals surface area contributed by atoms with Gasteiger partial charge in [-0.2, -0.15) is 4.37 Å². The van der Waals surface area contributed by atoms with Gasteiger partial charge >= 0.3 is 0 Å². The van der Waals surface area contributed by atoms with Gasteiger partial charge in [0.05, 0.1) is 5.60 Å². The summed E-state index contributed by atoms with van der Waals surface area (Å²) in [6.07, 6.45) is 3.26. The third kappa shape index (κ3) is 3.04. The number of ether oxygens (including phenoxy) is 1. The van der Waals surface area contributed by atoms with Crippen LogP contribution in [-0.4, -0.2) is 35.6 Å². The van der Waals surface area contributed by atoms with Gasteiger partial charge in [-0.25, -0.2) is 0 Å². The number of nitrogen functional groups attached to an aromatic ring is 1. The molecular weight excluding hydrogens is 276 g/mol. The van der Waals surface area contributed by atoms with Gasteiger partial charge in [0.15, 0.2) is 5.82 Å². The van der Waals surface area contributed by atoms with Crippen molar-refractivity contribution >= 4 is 28.3 Å². The Balaban J connectivity index is 2.07. The molecule has 0 spiro atoms. The van der Waals surface area contributed by atoms with Gasteiger partial charge < -0.3 is 21.1 Å². The third-order valence-corrected chi connectivity index (χ3v) is 4.45. The van der Waals surface area contributed by atoms with Crippen LogP contribution in [0.25, 0.3) is 0 Å². The summed E-state index contributed by atoms with van der Waals surface area (Å²) in [5, 5.41) is 6.83. The maximum Gasteiger partial charge on any atom is 0.258 e. The molecule has 6 nitrogen and oxygen atoms in total. The van der Waals surface area contributed by atoms with Crippen LogP contribution in [0.15, 0.2) is 0 Å². The van der Waals surface area contributed by atoms with Crippen molar-refractivity contribution in [3.05, 3.63) is 5.56 Å². The van der Waals surface area contributed by atoms with Crippen molar-refractivity contribution in [3.63, 3.8) is 0 Å². The molecule has 1 heterocycles. The molecule has 0 unspecified atom stereocenters. The van der Waals surface area contributed by atoms with Gasteiger partial charge in [0.1, 0.15) is 10.6 Å². The Morgan fingerprint density at radius 2 is 2.25 bits per heavy atom. The second-order valence-corrected chi connectivity index (χ2v) is 6.27. The first-order chi connectivity index (χ1) is 9.47. The van der Waals surface area contributed by atoms with Gasteiger partial charge in [-0.15, -0.1) is 0 Å². The predicted molar refractivity (Wildman–Crippen MR) is 81.2 cm³/mol. The number of hydrogen-bond donors (Lipinski definition) is 3. The minimum atomic E-state index is -0.186. The molecule has 0 saturated heterocycles. The standard InChI is InChI=1S/C13H22N4O2S/c1-8(2)16-11(18)9-10(14)17-20-12(9)15-7-13(19-3)5-4-6-13/h8,15H,4-7H2,1-3H3,(H2,14,17)(H,16,18). The van der Waals surface area contributed by atoms with E-state index in [-0.39, 0.29) is 23.4 Å². The number of anilines is 2. The Labute approximate surface area is 123 Å². The Hall–Kier alpha value is -1.34. The molecule has 4 N–H and O–H groups in total. The molecule has 0 bridgehead atoms. The largest absolute Gasteiger partial charge is 0.382 e. The van der Waals surface area contributed by atoms with Crippen LogP contribution in [0.4, 0.5) is 10.8 Å². The van der Waals surface area contributed by atoms with Gasteiger partial charge in [-0.1, -0.05) is 0 Å². The highest BCUT2D eigenvalue weighted by molar-refractivity contribution is 7.11. The van der Waals surface area contributed by atoms with E-state index in [1.165, 1.54) is 18.0 Å². The number of carbonyl (C=O) groups excluding carboxylic acids is 1. The van der Waals surface area contributed by atoms with E-state index in [0.29, 0.717) is 17.1 Å². The number of nitrogens with zero attached hydrogens (tertiary/aromatic N) is 1. The van der Waals surface area contributed by atoms with Crippen molar-refractivity contribution in [1.29, 1.82) is 0 Å². The van der Waals surface area contributed by atoms with Crippen molar-refractivity contribution in [3.8, 4) is 0 Å². The fourth-order valence-electron chi connectivity index (χ4n) is 2.24. The number of hydrogen-bond acceptors (Lipinski definition) is 6. The van der Waals surface area contributed by atoms with Gasteiger partial charge in [0, 0.05) is 19.7 Å². The van der Waals surface area contributed by atoms with Crippen molar-refractivity contribution in [1.82, 2.24) is 9.69 Å². The smallest absolute Gasteiger partial charge is 0.258 e. The quantitative estimate of drug-likeness (QED) is 0.745. The predicted octanol–water partition coefficient (Wildman–Crippen LogP) is 1.84. The molecule has 7 heteroatoms. The zero-order chi connectivity index (χ0) is 14.8. The van der Waals surface area contributed by atoms with Crippen molar-refractivity contribution < 1.29 is 9.53 Å². The first-order valence-electron chi connectivity index (χ1n) is 6.82. The molecule has 112 valence electrons. The zero-order valence-electron chi connectivity index (χ0n) is 12.2. The number of amides is 1. The molecule has 20 heavy (non-hydrogen) atoms. The summed E-state index contributed by atoms with van der Waals surface area (Å²) in [6.45, 7) is 4.50. The zero-order valence-corrected chi connectivity index (χ0v) is 13.0. The SMILES string of the molecule is COC1(CNc2snc(N)c2C(=O)NC(C)C)CCC1. The maximum absolute atomic E-state index is 12.1. The first-order valence-corrected chi connectivity index (χ1v) is 7.60. The molecule has 0 aliphatic heterocycles. The first kappa shape index (κ1) is 15.1. The maximum atomic E-state index is 12.1. The number of carbonyl (C=O) groups is 1. The van der Waals surface area contributed by atoms with Crippen molar-refractivity contribution in [2.24, 2.45) is 0 Å². The highest BCUT2D eigenvalue weighted by Gasteiger charge is 2.37. The molecule has 1 aromatic heterocycles. The highest BCUT2D eigenvalue weighted by atomic mass is 32.1. The van der Waals surface area contributed by atoms with Crippen LogP contribution in [0, 0.1) is 0 Å². The lowest BCUT2D eigenvalue weighted by atomic mass is 9.80. The van der Waals surface area contributed by atoms with E-state index in [4.69, 9.17) is 10.5 Å². The lowest BCUT2D eigenvalue weighted by molar-refractivity contribution is -0.0600. The second kappa shape index (κ2) is 5.97. The topological polar surface area (TPSA) is 89.3 Å². The highest BCUT2D eigenvalue weighted by Crippen LogP contribution is 2.36. The monoisotopic (exact) mass is 298 g/mol. The minimum absolute atomic E-state index is 0.0617. The lowest BCUT2D eigenvalue weighted by Gasteiger charge is -2.40. The van der Waals surface area contributed by atoms with Gasteiger partial charge in [0.2, 0.25) is 0 Å². The van der Waals surface area contributed by atoms with Gasteiger partial charge in [0.25, 0.3) is 5.91 Å². The number of nitrogens with two attached hydrogens (primary N) is 1. The average Bonchev–Trinajstić information content (AvgIpc) is 2.69. The lowest BCUT2D eigenvalue weighted by Crippen LogP contribution is -2.45. The number of rotatable bonds is 6. The number of methoxy groups -OCH3 is 1. The molecule has 0 aromatic carbocycles. The number of nitrogens with one attached hydrogen (secondary N) is 2. The van der Waals surface area contributed by atoms with Crippen molar-refractivity contribution in [2.75, 3.05) is 24.7 Å². The summed E-state index contributed by atoms with van der Waals surface area (Å²) >= 11 is 1.21. The van der Waals surface area contributed by atoms with Crippen LogP contribution in [0.2, 0.25) is 0 Å². The molecule has 1 aromatic rings. The summed E-state index contributed by atoms with van der Waals surface area (Å²) in [6, 6.07) is 0.0617. The second-order valence-electron chi connectivity index (χ2n) is 5.49. The van der Waals surface area contributed by atoms with Crippen LogP contribution in [0.3, 0.4) is 0 Å². The summed E-state index contributed by atoms with van der Waals surface area (Å²) in [7, 11) is 1.73. The van der Waals surface area contributed by atoms with Crippen LogP contribution in [-0.2, 0) is 4.74 Å². The minimum Gasteiger partial charge on any atom is -0.382 e. The molecule has 1 aliphatic rings. The molecule has 1 amide bonds. The third-order valence-electron chi connectivity index (χ3n) is 3.63. The Bertz CT molecular complexity index is 477. The normalized spacial score (nSPS) is 16.8. The fraction of sp³-hybridized carbons (Fsp3) is 0.692. The van der Waals surface area contributed by atoms with Crippen LogP contribution in [0.1, 0.15) is 43.5 Å². The van der Waals surface area contributed by atoms with Gasteiger partial charge in [-0.3, -0.25) is 4.79 Å². The van der Waals surface area contributed by atoms with E-state index in [0.717, 1.165) is 12.8 Å². The van der Waals surface area contributed by atoms with Crippen LogP contribution >= 0.6 is 11.5 Å².